The fourth-order valence-corrected chi connectivity index (χ4v) is 3.00. The lowest BCUT2D eigenvalue weighted by Gasteiger charge is -2.29. The number of nitrogen functional groups attached to an aromatic ring is 1. The highest BCUT2D eigenvalue weighted by Gasteiger charge is 2.22. The average Bonchev–Trinajstić information content (AvgIpc) is 2.50. The number of nitrogens with one attached hydrogen (secondary N) is 1. The van der Waals surface area contributed by atoms with E-state index >= 15 is 0 Å². The SMILES string of the molecule is CC1=C(c2ccc(N)nc2)C(Cc2ccccc2)NCC1. The summed E-state index contributed by atoms with van der Waals surface area (Å²) in [6.45, 7) is 3.26. The first kappa shape index (κ1) is 13.8. The smallest absolute Gasteiger partial charge is 0.123 e. The Bertz CT molecular complexity index is 629. The van der Waals surface area contributed by atoms with Gasteiger partial charge in [0.05, 0.1) is 0 Å². The molecule has 3 N–H and O–H groups in total. The van der Waals surface area contributed by atoms with Gasteiger partial charge in [0.2, 0.25) is 0 Å². The molecular weight excluding hydrogens is 258 g/mol. The van der Waals surface area contributed by atoms with Crippen LogP contribution in [0.5, 0.6) is 0 Å². The van der Waals surface area contributed by atoms with Crippen molar-refractivity contribution in [2.24, 2.45) is 0 Å². The fraction of sp³-hybridized carbons (Fsp3) is 0.278. The molecule has 1 aliphatic heterocycles. The summed E-state index contributed by atoms with van der Waals surface area (Å²) >= 11 is 0. The number of rotatable bonds is 3. The second-order valence-electron chi connectivity index (χ2n) is 5.61. The van der Waals surface area contributed by atoms with Crippen LogP contribution in [-0.2, 0) is 6.42 Å². The number of hydrogen-bond acceptors (Lipinski definition) is 3. The van der Waals surface area contributed by atoms with Crippen LogP contribution in [0.25, 0.3) is 5.57 Å². The Morgan fingerprint density at radius 1 is 1.19 bits per heavy atom. The number of nitrogens with zero attached hydrogens (tertiary/aromatic N) is 1. The molecule has 0 saturated heterocycles. The highest BCUT2D eigenvalue weighted by atomic mass is 14.9. The Labute approximate surface area is 125 Å². The summed E-state index contributed by atoms with van der Waals surface area (Å²) in [4.78, 5) is 4.25. The van der Waals surface area contributed by atoms with Gasteiger partial charge < -0.3 is 11.1 Å². The standard InChI is InChI=1S/C18H21N3/c1-13-9-10-20-16(11-14-5-3-2-4-6-14)18(13)15-7-8-17(19)21-12-15/h2-8,12,16,20H,9-11H2,1H3,(H2,19,21). The van der Waals surface area contributed by atoms with Crippen LogP contribution in [-0.4, -0.2) is 17.6 Å². The molecule has 2 heterocycles. The second-order valence-corrected chi connectivity index (χ2v) is 5.61. The van der Waals surface area contributed by atoms with Crippen molar-refractivity contribution in [3.8, 4) is 0 Å². The number of benzene rings is 1. The number of nitrogens with two attached hydrogens (primary N) is 1. The van der Waals surface area contributed by atoms with Gasteiger partial charge >= 0.3 is 0 Å². The molecule has 108 valence electrons. The topological polar surface area (TPSA) is 50.9 Å². The molecule has 0 fully saturated rings. The summed E-state index contributed by atoms with van der Waals surface area (Å²) in [6.07, 6.45) is 3.97. The molecule has 3 nitrogen and oxygen atoms in total. The summed E-state index contributed by atoms with van der Waals surface area (Å²) in [5.74, 6) is 0.570. The molecule has 3 heteroatoms. The monoisotopic (exact) mass is 279 g/mol. The van der Waals surface area contributed by atoms with Gasteiger partial charge in [-0.1, -0.05) is 35.9 Å². The van der Waals surface area contributed by atoms with Crippen LogP contribution in [0.1, 0.15) is 24.5 Å². The van der Waals surface area contributed by atoms with Gasteiger partial charge in [-0.3, -0.25) is 0 Å². The number of hydrogen-bond donors (Lipinski definition) is 2. The number of anilines is 1. The molecule has 1 aliphatic rings. The van der Waals surface area contributed by atoms with Crippen LogP contribution >= 0.6 is 0 Å². The van der Waals surface area contributed by atoms with Crippen molar-refractivity contribution in [3.63, 3.8) is 0 Å². The Morgan fingerprint density at radius 3 is 2.71 bits per heavy atom. The Morgan fingerprint density at radius 2 is 2.00 bits per heavy atom. The fourth-order valence-electron chi connectivity index (χ4n) is 3.00. The molecule has 0 aliphatic carbocycles. The normalized spacial score (nSPS) is 18.8. The van der Waals surface area contributed by atoms with Crippen molar-refractivity contribution in [3.05, 3.63) is 65.4 Å². The first-order valence-corrected chi connectivity index (χ1v) is 7.43. The lowest BCUT2D eigenvalue weighted by atomic mass is 9.87. The van der Waals surface area contributed by atoms with E-state index in [-0.39, 0.29) is 0 Å². The quantitative estimate of drug-likeness (QED) is 0.908. The van der Waals surface area contributed by atoms with Crippen LogP contribution < -0.4 is 11.1 Å². The summed E-state index contributed by atoms with van der Waals surface area (Å²) in [5.41, 5.74) is 11.1. The van der Waals surface area contributed by atoms with E-state index in [1.54, 1.807) is 0 Å². The van der Waals surface area contributed by atoms with Crippen LogP contribution in [0.4, 0.5) is 5.82 Å². The third kappa shape index (κ3) is 3.14. The third-order valence-electron chi connectivity index (χ3n) is 4.08. The number of aromatic nitrogens is 1. The molecule has 0 bridgehead atoms. The minimum atomic E-state index is 0.339. The van der Waals surface area contributed by atoms with Gasteiger partial charge in [-0.05, 0) is 55.1 Å². The molecule has 3 rings (SSSR count). The van der Waals surface area contributed by atoms with Crippen LogP contribution in [0.15, 0.2) is 54.2 Å². The highest BCUT2D eigenvalue weighted by molar-refractivity contribution is 5.73. The average molecular weight is 279 g/mol. The lowest BCUT2D eigenvalue weighted by molar-refractivity contribution is 0.575. The summed E-state index contributed by atoms with van der Waals surface area (Å²) in [6, 6.07) is 14.9. The van der Waals surface area contributed by atoms with Crippen molar-refractivity contribution < 1.29 is 0 Å². The number of pyridine rings is 1. The Hall–Kier alpha value is -2.13. The maximum Gasteiger partial charge on any atom is 0.123 e. The molecule has 1 atom stereocenters. The largest absolute Gasteiger partial charge is 0.384 e. The van der Waals surface area contributed by atoms with Gasteiger partial charge in [0.15, 0.2) is 0 Å². The maximum atomic E-state index is 5.71. The van der Waals surface area contributed by atoms with E-state index in [0.717, 1.165) is 19.4 Å². The van der Waals surface area contributed by atoms with Crippen molar-refractivity contribution >= 4 is 11.4 Å². The molecule has 0 amide bonds. The van der Waals surface area contributed by atoms with Crippen LogP contribution in [0.3, 0.4) is 0 Å². The van der Waals surface area contributed by atoms with Crippen molar-refractivity contribution in [1.29, 1.82) is 0 Å². The lowest BCUT2D eigenvalue weighted by Crippen LogP contribution is -2.37. The van der Waals surface area contributed by atoms with E-state index in [0.29, 0.717) is 11.9 Å². The molecular formula is C18H21N3. The zero-order valence-electron chi connectivity index (χ0n) is 12.3. The second kappa shape index (κ2) is 6.10. The molecule has 1 aromatic heterocycles. The molecule has 1 unspecified atom stereocenters. The first-order chi connectivity index (χ1) is 10.2. The van der Waals surface area contributed by atoms with Gasteiger partial charge in [-0.15, -0.1) is 0 Å². The third-order valence-corrected chi connectivity index (χ3v) is 4.08. The molecule has 21 heavy (non-hydrogen) atoms. The minimum absolute atomic E-state index is 0.339. The summed E-state index contributed by atoms with van der Waals surface area (Å²) < 4.78 is 0. The molecule has 0 saturated carbocycles. The molecule has 0 radical (unpaired) electrons. The van der Waals surface area contributed by atoms with Crippen molar-refractivity contribution in [1.82, 2.24) is 10.3 Å². The van der Waals surface area contributed by atoms with Crippen LogP contribution in [0.2, 0.25) is 0 Å². The van der Waals surface area contributed by atoms with Gasteiger partial charge in [-0.25, -0.2) is 4.98 Å². The molecule has 1 aromatic carbocycles. The van der Waals surface area contributed by atoms with Crippen LogP contribution in [0, 0.1) is 0 Å². The van der Waals surface area contributed by atoms with Gasteiger partial charge in [0.1, 0.15) is 5.82 Å². The first-order valence-electron chi connectivity index (χ1n) is 7.43. The van der Waals surface area contributed by atoms with E-state index in [4.69, 9.17) is 5.73 Å². The predicted molar refractivity (Wildman–Crippen MR) is 87.8 cm³/mol. The van der Waals surface area contributed by atoms with Gasteiger partial charge in [0, 0.05) is 12.2 Å². The summed E-state index contributed by atoms with van der Waals surface area (Å²) in [7, 11) is 0. The van der Waals surface area contributed by atoms with E-state index in [9.17, 15) is 0 Å². The minimum Gasteiger partial charge on any atom is -0.384 e. The van der Waals surface area contributed by atoms with E-state index in [2.05, 4.69) is 53.6 Å². The van der Waals surface area contributed by atoms with E-state index in [1.165, 1.54) is 22.3 Å². The molecule has 0 spiro atoms. The highest BCUT2D eigenvalue weighted by Crippen LogP contribution is 2.29. The van der Waals surface area contributed by atoms with Gasteiger partial charge in [0.25, 0.3) is 0 Å². The maximum absolute atomic E-state index is 5.71. The Kier molecular flexibility index (Phi) is 4.02. The van der Waals surface area contributed by atoms with Crippen molar-refractivity contribution in [2.75, 3.05) is 12.3 Å². The predicted octanol–water partition coefficient (Wildman–Crippen LogP) is 3.04. The zero-order valence-corrected chi connectivity index (χ0v) is 12.3. The zero-order chi connectivity index (χ0) is 14.7. The van der Waals surface area contributed by atoms with Crippen molar-refractivity contribution in [2.45, 2.75) is 25.8 Å². The molecule has 2 aromatic rings. The van der Waals surface area contributed by atoms with E-state index in [1.807, 2.05) is 12.3 Å². The Balaban J connectivity index is 1.91. The van der Waals surface area contributed by atoms with Gasteiger partial charge in [-0.2, -0.15) is 0 Å². The summed E-state index contributed by atoms with van der Waals surface area (Å²) in [5, 5.41) is 3.64. The van der Waals surface area contributed by atoms with E-state index < -0.39 is 0 Å².